The SMILES string of the molecule is CC(C)(C)CC(C(=O)O)=C(CCN)C(=O)O. The molecule has 0 amide bonds. The summed E-state index contributed by atoms with van der Waals surface area (Å²) in [5.74, 6) is -2.38. The lowest BCUT2D eigenvalue weighted by Gasteiger charge is -2.19. The maximum absolute atomic E-state index is 11.0. The zero-order valence-electron chi connectivity index (χ0n) is 9.91. The van der Waals surface area contributed by atoms with E-state index in [2.05, 4.69) is 0 Å². The zero-order valence-corrected chi connectivity index (χ0v) is 9.91. The second-order valence-corrected chi connectivity index (χ2v) is 4.84. The lowest BCUT2D eigenvalue weighted by molar-refractivity contribution is -0.136. The van der Waals surface area contributed by atoms with Gasteiger partial charge in [-0.1, -0.05) is 20.8 Å². The Hall–Kier alpha value is -1.36. The van der Waals surface area contributed by atoms with Crippen molar-refractivity contribution in [3.63, 3.8) is 0 Å². The van der Waals surface area contributed by atoms with E-state index >= 15 is 0 Å². The fourth-order valence-electron chi connectivity index (χ4n) is 1.37. The molecule has 0 aliphatic carbocycles. The Morgan fingerprint density at radius 1 is 1.06 bits per heavy atom. The third-order valence-corrected chi connectivity index (χ3v) is 1.98. The maximum atomic E-state index is 11.0. The van der Waals surface area contributed by atoms with Gasteiger partial charge in [-0.3, -0.25) is 0 Å². The molecule has 0 fully saturated rings. The molecule has 4 N–H and O–H groups in total. The van der Waals surface area contributed by atoms with Gasteiger partial charge in [-0.05, 0) is 24.8 Å². The molecule has 0 saturated heterocycles. The van der Waals surface area contributed by atoms with Gasteiger partial charge in [0, 0.05) is 11.1 Å². The summed E-state index contributed by atoms with van der Waals surface area (Å²) in [4.78, 5) is 22.0. The molecule has 0 unspecified atom stereocenters. The minimum Gasteiger partial charge on any atom is -0.478 e. The van der Waals surface area contributed by atoms with Crippen LogP contribution in [-0.4, -0.2) is 28.7 Å². The predicted octanol–water partition coefficient (Wildman–Crippen LogP) is 1.24. The molecule has 0 aromatic rings. The lowest BCUT2D eigenvalue weighted by atomic mass is 9.85. The van der Waals surface area contributed by atoms with Crippen LogP contribution in [0.1, 0.15) is 33.6 Å². The van der Waals surface area contributed by atoms with Crippen LogP contribution in [0.25, 0.3) is 0 Å². The van der Waals surface area contributed by atoms with E-state index in [1.54, 1.807) is 0 Å². The first-order chi connectivity index (χ1) is 7.19. The van der Waals surface area contributed by atoms with Crippen molar-refractivity contribution < 1.29 is 19.8 Å². The Balaban J connectivity index is 5.32. The molecular formula is C11H19NO4. The number of carbonyl (C=O) groups is 2. The van der Waals surface area contributed by atoms with Crippen LogP contribution >= 0.6 is 0 Å². The van der Waals surface area contributed by atoms with Gasteiger partial charge in [-0.25, -0.2) is 9.59 Å². The Labute approximate surface area is 95.0 Å². The number of hydrogen-bond donors (Lipinski definition) is 3. The highest BCUT2D eigenvalue weighted by Gasteiger charge is 2.24. The van der Waals surface area contributed by atoms with Gasteiger partial charge in [-0.2, -0.15) is 0 Å². The van der Waals surface area contributed by atoms with Gasteiger partial charge in [0.05, 0.1) is 0 Å². The second-order valence-electron chi connectivity index (χ2n) is 4.84. The number of hydrogen-bond acceptors (Lipinski definition) is 3. The van der Waals surface area contributed by atoms with Crippen LogP contribution in [0.15, 0.2) is 11.1 Å². The standard InChI is InChI=1S/C11H19NO4/c1-11(2,3)6-8(10(15)16)7(4-5-12)9(13)14/h4-6,12H2,1-3H3,(H,13,14)(H,15,16). The molecule has 0 atom stereocenters. The molecule has 0 aliphatic heterocycles. The average Bonchev–Trinajstić information content (AvgIpc) is 2.08. The Morgan fingerprint density at radius 2 is 1.50 bits per heavy atom. The van der Waals surface area contributed by atoms with Crippen molar-refractivity contribution in [1.29, 1.82) is 0 Å². The quantitative estimate of drug-likeness (QED) is 0.616. The minimum absolute atomic E-state index is 0.0505. The maximum Gasteiger partial charge on any atom is 0.332 e. The van der Waals surface area contributed by atoms with Gasteiger partial charge < -0.3 is 15.9 Å². The van der Waals surface area contributed by atoms with Crippen LogP contribution < -0.4 is 5.73 Å². The second kappa shape index (κ2) is 5.65. The van der Waals surface area contributed by atoms with Crippen molar-refractivity contribution in [3.8, 4) is 0 Å². The molecule has 16 heavy (non-hydrogen) atoms. The monoisotopic (exact) mass is 229 g/mol. The lowest BCUT2D eigenvalue weighted by Crippen LogP contribution is -2.19. The van der Waals surface area contributed by atoms with Gasteiger partial charge >= 0.3 is 11.9 Å². The third kappa shape index (κ3) is 4.93. The summed E-state index contributed by atoms with van der Waals surface area (Å²) in [5, 5.41) is 18.0. The van der Waals surface area contributed by atoms with E-state index < -0.39 is 11.9 Å². The van der Waals surface area contributed by atoms with E-state index in [-0.39, 0.29) is 35.9 Å². The molecule has 0 spiro atoms. The number of aliphatic carboxylic acids is 2. The highest BCUT2D eigenvalue weighted by atomic mass is 16.4. The molecule has 0 rings (SSSR count). The van der Waals surface area contributed by atoms with Crippen LogP contribution in [0.3, 0.4) is 0 Å². The molecule has 0 bridgehead atoms. The van der Waals surface area contributed by atoms with Crippen LogP contribution in [0.5, 0.6) is 0 Å². The van der Waals surface area contributed by atoms with Gasteiger partial charge in [0.15, 0.2) is 0 Å². The summed E-state index contributed by atoms with van der Waals surface area (Å²) in [7, 11) is 0. The van der Waals surface area contributed by atoms with E-state index in [0.717, 1.165) is 0 Å². The van der Waals surface area contributed by atoms with Crippen molar-refractivity contribution in [2.45, 2.75) is 33.6 Å². The summed E-state index contributed by atoms with van der Waals surface area (Å²) >= 11 is 0. The van der Waals surface area contributed by atoms with Crippen LogP contribution in [0.4, 0.5) is 0 Å². The Kier molecular flexibility index (Phi) is 5.17. The van der Waals surface area contributed by atoms with Crippen LogP contribution in [-0.2, 0) is 9.59 Å². The van der Waals surface area contributed by atoms with Crippen molar-refractivity contribution in [1.82, 2.24) is 0 Å². The fourth-order valence-corrected chi connectivity index (χ4v) is 1.37. The molecule has 0 heterocycles. The van der Waals surface area contributed by atoms with E-state index in [4.69, 9.17) is 15.9 Å². The largest absolute Gasteiger partial charge is 0.478 e. The molecule has 5 heteroatoms. The third-order valence-electron chi connectivity index (χ3n) is 1.98. The number of nitrogens with two attached hydrogens (primary N) is 1. The smallest absolute Gasteiger partial charge is 0.332 e. The van der Waals surface area contributed by atoms with E-state index in [0.29, 0.717) is 0 Å². The summed E-state index contributed by atoms with van der Waals surface area (Å²) in [6, 6.07) is 0. The van der Waals surface area contributed by atoms with Crippen LogP contribution in [0.2, 0.25) is 0 Å². The summed E-state index contributed by atoms with van der Waals surface area (Å²) in [6.45, 7) is 5.70. The van der Waals surface area contributed by atoms with Gasteiger partial charge in [0.25, 0.3) is 0 Å². The van der Waals surface area contributed by atoms with Crippen LogP contribution in [0, 0.1) is 5.41 Å². The topological polar surface area (TPSA) is 101 Å². The fraction of sp³-hybridized carbons (Fsp3) is 0.636. The van der Waals surface area contributed by atoms with E-state index in [1.165, 1.54) is 0 Å². The summed E-state index contributed by atoms with van der Waals surface area (Å²) in [6.07, 6.45) is 0.289. The molecule has 0 saturated carbocycles. The highest BCUT2D eigenvalue weighted by Crippen LogP contribution is 2.27. The number of carboxylic acids is 2. The molecule has 5 nitrogen and oxygen atoms in total. The summed E-state index contributed by atoms with van der Waals surface area (Å²) in [5.41, 5.74) is 4.86. The molecule has 0 aromatic heterocycles. The van der Waals surface area contributed by atoms with Gasteiger partial charge in [-0.15, -0.1) is 0 Å². The Bertz CT molecular complexity index is 312. The minimum atomic E-state index is -1.20. The highest BCUT2D eigenvalue weighted by molar-refractivity contribution is 5.98. The van der Waals surface area contributed by atoms with Gasteiger partial charge in [0.1, 0.15) is 0 Å². The first kappa shape index (κ1) is 14.6. The molecule has 0 aromatic carbocycles. The zero-order chi connectivity index (χ0) is 12.9. The number of carboxylic acid groups (broad SMARTS) is 2. The van der Waals surface area contributed by atoms with Crippen molar-refractivity contribution >= 4 is 11.9 Å². The van der Waals surface area contributed by atoms with E-state index in [1.807, 2.05) is 20.8 Å². The summed E-state index contributed by atoms with van der Waals surface area (Å²) < 4.78 is 0. The van der Waals surface area contributed by atoms with Crippen molar-refractivity contribution in [2.75, 3.05) is 6.54 Å². The molecule has 92 valence electrons. The average molecular weight is 229 g/mol. The first-order valence-electron chi connectivity index (χ1n) is 5.07. The molecule has 0 aliphatic rings. The Morgan fingerprint density at radius 3 is 1.75 bits per heavy atom. The first-order valence-corrected chi connectivity index (χ1v) is 5.07. The molecule has 0 radical (unpaired) electrons. The van der Waals surface area contributed by atoms with E-state index in [9.17, 15) is 9.59 Å². The normalized spacial score (nSPS) is 13.2. The predicted molar refractivity (Wildman–Crippen MR) is 60.0 cm³/mol. The van der Waals surface area contributed by atoms with Crippen molar-refractivity contribution in [3.05, 3.63) is 11.1 Å². The van der Waals surface area contributed by atoms with Crippen molar-refractivity contribution in [2.24, 2.45) is 11.1 Å². The number of rotatable bonds is 5. The molecular weight excluding hydrogens is 210 g/mol. The van der Waals surface area contributed by atoms with Gasteiger partial charge in [0.2, 0.25) is 0 Å².